The molecule has 176 valence electrons. The van der Waals surface area contributed by atoms with Gasteiger partial charge in [0.1, 0.15) is 6.61 Å². The molecule has 2 saturated heterocycles. The molecule has 2 amide bonds. The molecule has 2 aliphatic rings. The van der Waals surface area contributed by atoms with Gasteiger partial charge in [-0.25, -0.2) is 4.79 Å². The molecule has 1 aromatic carbocycles. The number of aliphatic carboxylic acids is 1. The third kappa shape index (κ3) is 6.07. The predicted molar refractivity (Wildman–Crippen MR) is 111 cm³/mol. The van der Waals surface area contributed by atoms with Gasteiger partial charge in [0, 0.05) is 31.2 Å². The second kappa shape index (κ2) is 9.99. The van der Waals surface area contributed by atoms with Crippen LogP contribution in [-0.2, 0) is 14.3 Å². The average Bonchev–Trinajstić information content (AvgIpc) is 2.82. The van der Waals surface area contributed by atoms with E-state index in [1.165, 1.54) is 0 Å². The van der Waals surface area contributed by atoms with Gasteiger partial charge in [0.25, 0.3) is 11.8 Å². The van der Waals surface area contributed by atoms with Crippen LogP contribution in [0, 0.1) is 0 Å². The lowest BCUT2D eigenvalue weighted by Crippen LogP contribution is -2.59. The van der Waals surface area contributed by atoms with Gasteiger partial charge >= 0.3 is 12.1 Å². The summed E-state index contributed by atoms with van der Waals surface area (Å²) >= 11 is 0. The largest absolute Gasteiger partial charge is 0.490 e. The fourth-order valence-electron chi connectivity index (χ4n) is 3.65. The summed E-state index contributed by atoms with van der Waals surface area (Å²) in [7, 11) is 0. The number of carboxylic acid groups (broad SMARTS) is 1. The molecule has 1 aromatic heterocycles. The van der Waals surface area contributed by atoms with Crippen LogP contribution in [-0.4, -0.2) is 70.8 Å². The summed E-state index contributed by atoms with van der Waals surface area (Å²) in [6, 6.07) is 13.2. The Bertz CT molecular complexity index is 978. The van der Waals surface area contributed by atoms with Crippen molar-refractivity contribution in [2.75, 3.05) is 31.1 Å². The Balaban J connectivity index is 0.000000383. The maximum atomic E-state index is 12.6. The van der Waals surface area contributed by atoms with Gasteiger partial charge in [0.2, 0.25) is 0 Å². The number of alkyl halides is 3. The normalized spacial score (nSPS) is 17.8. The molecular weight excluding hydrogens is 443 g/mol. The van der Waals surface area contributed by atoms with Crippen LogP contribution < -0.4 is 4.90 Å². The summed E-state index contributed by atoms with van der Waals surface area (Å²) in [5.41, 5.74) is 1.12. The fourth-order valence-corrected chi connectivity index (χ4v) is 3.65. The van der Waals surface area contributed by atoms with Crippen molar-refractivity contribution in [3.8, 4) is 0 Å². The van der Waals surface area contributed by atoms with Crippen LogP contribution in [0.5, 0.6) is 0 Å². The summed E-state index contributed by atoms with van der Waals surface area (Å²) in [6.07, 6.45) is -0.391. The minimum atomic E-state index is -5.08. The maximum absolute atomic E-state index is 12.6. The van der Waals surface area contributed by atoms with Crippen molar-refractivity contribution >= 4 is 23.5 Å². The number of amides is 2. The number of carbonyl (C=O) groups is 3. The number of hydrogen-bond donors (Lipinski definition) is 1. The van der Waals surface area contributed by atoms with Gasteiger partial charge in [-0.05, 0) is 37.1 Å². The number of morpholine rings is 1. The van der Waals surface area contributed by atoms with E-state index in [9.17, 15) is 22.8 Å². The molecule has 0 bridgehead atoms. The third-order valence-electron chi connectivity index (χ3n) is 5.43. The number of carbonyl (C=O) groups excluding carboxylic acids is 2. The topological polar surface area (TPSA) is 100 Å². The number of nitrogens with zero attached hydrogens (tertiary/aromatic N) is 3. The number of ether oxygens (including phenoxy) is 1. The van der Waals surface area contributed by atoms with Crippen LogP contribution in [0.3, 0.4) is 0 Å². The molecule has 4 rings (SSSR count). The zero-order valence-corrected chi connectivity index (χ0v) is 17.5. The van der Waals surface area contributed by atoms with Gasteiger partial charge < -0.3 is 19.6 Å². The van der Waals surface area contributed by atoms with Crippen molar-refractivity contribution in [3.63, 3.8) is 0 Å². The minimum Gasteiger partial charge on any atom is -0.475 e. The SMILES string of the molecule is O=C(O)C(F)(F)F.O=C(c1cccnc1)N1CCC2(CC1)CN(c1ccccc1)C(=O)CO2. The molecule has 1 N–H and O–H groups in total. The first-order chi connectivity index (χ1) is 15.6. The first kappa shape index (κ1) is 24.2. The minimum absolute atomic E-state index is 0.000230. The molecule has 33 heavy (non-hydrogen) atoms. The number of aromatic nitrogens is 1. The highest BCUT2D eigenvalue weighted by molar-refractivity contribution is 5.95. The predicted octanol–water partition coefficient (Wildman–Crippen LogP) is 2.75. The Morgan fingerprint density at radius 3 is 2.24 bits per heavy atom. The van der Waals surface area contributed by atoms with E-state index in [2.05, 4.69) is 4.98 Å². The fraction of sp³-hybridized carbons (Fsp3) is 0.364. The van der Waals surface area contributed by atoms with Gasteiger partial charge in [-0.3, -0.25) is 14.6 Å². The van der Waals surface area contributed by atoms with Crippen LogP contribution in [0.25, 0.3) is 0 Å². The Labute approximate surface area is 187 Å². The Hall–Kier alpha value is -3.47. The Morgan fingerprint density at radius 1 is 1.06 bits per heavy atom. The Kier molecular flexibility index (Phi) is 7.32. The molecule has 11 heteroatoms. The lowest BCUT2D eigenvalue weighted by Gasteiger charge is -2.47. The smallest absolute Gasteiger partial charge is 0.475 e. The molecule has 0 saturated carbocycles. The second-order valence-electron chi connectivity index (χ2n) is 7.62. The highest BCUT2D eigenvalue weighted by Gasteiger charge is 2.43. The monoisotopic (exact) mass is 465 g/mol. The standard InChI is InChI=1S/C20H21N3O3.C2HF3O2/c24-18-14-26-20(15-23(18)17-6-2-1-3-7-17)8-11-22(12-9-20)19(25)16-5-4-10-21-13-16;3-2(4,5)1(6)7/h1-7,10,13H,8-9,11-12,14-15H2;(H,6,7). The highest BCUT2D eigenvalue weighted by Crippen LogP contribution is 2.33. The molecule has 3 heterocycles. The zero-order chi connectivity index (χ0) is 24.1. The molecule has 8 nitrogen and oxygen atoms in total. The number of rotatable bonds is 2. The van der Waals surface area contributed by atoms with Gasteiger partial charge in [-0.1, -0.05) is 18.2 Å². The number of anilines is 1. The molecule has 2 fully saturated rings. The van der Waals surface area contributed by atoms with Crippen molar-refractivity contribution in [2.24, 2.45) is 0 Å². The van der Waals surface area contributed by atoms with Crippen molar-refractivity contribution in [1.82, 2.24) is 9.88 Å². The summed E-state index contributed by atoms with van der Waals surface area (Å²) in [5, 5.41) is 7.12. The van der Waals surface area contributed by atoms with E-state index in [4.69, 9.17) is 14.6 Å². The first-order valence-corrected chi connectivity index (χ1v) is 10.1. The molecule has 0 unspecified atom stereocenters. The number of piperidine rings is 1. The summed E-state index contributed by atoms with van der Waals surface area (Å²) < 4.78 is 37.7. The van der Waals surface area contributed by atoms with Crippen LogP contribution in [0.4, 0.5) is 18.9 Å². The van der Waals surface area contributed by atoms with E-state index in [-0.39, 0.29) is 24.0 Å². The van der Waals surface area contributed by atoms with Crippen molar-refractivity contribution in [3.05, 3.63) is 60.4 Å². The van der Waals surface area contributed by atoms with E-state index in [1.807, 2.05) is 40.1 Å². The van der Waals surface area contributed by atoms with E-state index >= 15 is 0 Å². The summed E-state index contributed by atoms with van der Waals surface area (Å²) in [6.45, 7) is 1.85. The first-order valence-electron chi connectivity index (χ1n) is 10.1. The van der Waals surface area contributed by atoms with E-state index < -0.39 is 12.1 Å². The van der Waals surface area contributed by atoms with Crippen LogP contribution >= 0.6 is 0 Å². The molecule has 1 spiro atoms. The number of benzene rings is 1. The number of hydrogen-bond acceptors (Lipinski definition) is 5. The van der Waals surface area contributed by atoms with Gasteiger partial charge in [-0.2, -0.15) is 13.2 Å². The number of pyridine rings is 1. The van der Waals surface area contributed by atoms with Crippen molar-refractivity contribution in [2.45, 2.75) is 24.6 Å². The quantitative estimate of drug-likeness (QED) is 0.732. The number of para-hydroxylation sites is 1. The van der Waals surface area contributed by atoms with Crippen LogP contribution in [0.2, 0.25) is 0 Å². The molecule has 0 aliphatic carbocycles. The molecule has 0 atom stereocenters. The summed E-state index contributed by atoms with van der Waals surface area (Å²) in [4.78, 5) is 41.5. The van der Waals surface area contributed by atoms with E-state index in [0.717, 1.165) is 18.5 Å². The number of halogens is 3. The number of likely N-dealkylation sites (tertiary alicyclic amines) is 1. The van der Waals surface area contributed by atoms with E-state index in [1.54, 1.807) is 24.5 Å². The van der Waals surface area contributed by atoms with Gasteiger partial charge in [-0.15, -0.1) is 0 Å². The second-order valence-corrected chi connectivity index (χ2v) is 7.62. The van der Waals surface area contributed by atoms with Crippen LogP contribution in [0.1, 0.15) is 23.2 Å². The number of carboxylic acids is 1. The van der Waals surface area contributed by atoms with Crippen molar-refractivity contribution < 1.29 is 37.4 Å². The molecular formula is C22H22F3N3O5. The average molecular weight is 465 g/mol. The Morgan fingerprint density at radius 2 is 1.70 bits per heavy atom. The highest BCUT2D eigenvalue weighted by atomic mass is 19.4. The lowest BCUT2D eigenvalue weighted by molar-refractivity contribution is -0.192. The van der Waals surface area contributed by atoms with Gasteiger partial charge in [0.05, 0.1) is 17.7 Å². The molecule has 2 aliphatic heterocycles. The summed E-state index contributed by atoms with van der Waals surface area (Å²) in [5.74, 6) is -2.78. The maximum Gasteiger partial charge on any atom is 0.490 e. The molecule has 2 aromatic rings. The third-order valence-corrected chi connectivity index (χ3v) is 5.43. The van der Waals surface area contributed by atoms with Crippen LogP contribution in [0.15, 0.2) is 54.9 Å². The molecule has 0 radical (unpaired) electrons. The zero-order valence-electron chi connectivity index (χ0n) is 17.5. The van der Waals surface area contributed by atoms with E-state index in [0.29, 0.717) is 25.2 Å². The van der Waals surface area contributed by atoms with Gasteiger partial charge in [0.15, 0.2) is 0 Å². The lowest BCUT2D eigenvalue weighted by atomic mass is 9.88. The van der Waals surface area contributed by atoms with Crippen molar-refractivity contribution in [1.29, 1.82) is 0 Å².